The van der Waals surface area contributed by atoms with Crippen LogP contribution in [-0.4, -0.2) is 4.98 Å². The van der Waals surface area contributed by atoms with E-state index in [-0.39, 0.29) is 11.7 Å². The molecule has 1 heterocycles. The number of alkyl halides is 1. The SMILES string of the molecule is Fc1ccc(OCc2cccnc2)c(CCl)c1. The molecule has 0 radical (unpaired) electrons. The fourth-order valence-corrected chi connectivity index (χ4v) is 1.65. The molecule has 0 atom stereocenters. The molecule has 88 valence electrons. The summed E-state index contributed by atoms with van der Waals surface area (Å²) in [5.74, 6) is 0.514. The second-order valence-corrected chi connectivity index (χ2v) is 3.80. The molecule has 0 aliphatic rings. The normalized spacial score (nSPS) is 10.2. The van der Waals surface area contributed by atoms with Crippen molar-refractivity contribution in [2.45, 2.75) is 12.5 Å². The van der Waals surface area contributed by atoms with Gasteiger partial charge in [0.2, 0.25) is 0 Å². The van der Waals surface area contributed by atoms with Gasteiger partial charge < -0.3 is 4.74 Å². The number of pyridine rings is 1. The molecule has 0 unspecified atom stereocenters. The molecule has 0 aliphatic carbocycles. The van der Waals surface area contributed by atoms with Gasteiger partial charge in [-0.2, -0.15) is 0 Å². The van der Waals surface area contributed by atoms with Crippen molar-refractivity contribution < 1.29 is 9.13 Å². The third-order valence-electron chi connectivity index (χ3n) is 2.28. The first-order valence-electron chi connectivity index (χ1n) is 5.15. The Bertz CT molecular complexity index is 490. The molecular formula is C13H11ClFNO. The Balaban J connectivity index is 2.09. The maximum Gasteiger partial charge on any atom is 0.124 e. The summed E-state index contributed by atoms with van der Waals surface area (Å²) in [6.07, 6.45) is 3.43. The van der Waals surface area contributed by atoms with Gasteiger partial charge >= 0.3 is 0 Å². The molecule has 4 heteroatoms. The topological polar surface area (TPSA) is 22.1 Å². The van der Waals surface area contributed by atoms with Crippen LogP contribution >= 0.6 is 11.6 Å². The van der Waals surface area contributed by atoms with E-state index in [1.165, 1.54) is 12.1 Å². The van der Waals surface area contributed by atoms with Crippen LogP contribution in [0.15, 0.2) is 42.7 Å². The molecule has 0 aliphatic heterocycles. The molecule has 0 saturated heterocycles. The van der Waals surface area contributed by atoms with E-state index in [0.29, 0.717) is 17.9 Å². The lowest BCUT2D eigenvalue weighted by Crippen LogP contribution is -1.98. The lowest BCUT2D eigenvalue weighted by molar-refractivity contribution is 0.303. The van der Waals surface area contributed by atoms with Crippen LogP contribution in [0.25, 0.3) is 0 Å². The van der Waals surface area contributed by atoms with E-state index in [1.54, 1.807) is 18.5 Å². The molecule has 0 bridgehead atoms. The Morgan fingerprint density at radius 3 is 2.88 bits per heavy atom. The molecule has 2 rings (SSSR count). The van der Waals surface area contributed by atoms with Gasteiger partial charge in [-0.25, -0.2) is 4.39 Å². The molecule has 0 N–H and O–H groups in total. The zero-order chi connectivity index (χ0) is 12.1. The smallest absolute Gasteiger partial charge is 0.124 e. The summed E-state index contributed by atoms with van der Waals surface area (Å²) in [7, 11) is 0. The molecule has 0 amide bonds. The molecule has 1 aromatic carbocycles. The Kier molecular flexibility index (Phi) is 3.94. The van der Waals surface area contributed by atoms with E-state index in [4.69, 9.17) is 16.3 Å². The zero-order valence-electron chi connectivity index (χ0n) is 9.07. The molecule has 0 fully saturated rings. The highest BCUT2D eigenvalue weighted by Crippen LogP contribution is 2.22. The van der Waals surface area contributed by atoms with E-state index >= 15 is 0 Å². The average molecular weight is 252 g/mol. The highest BCUT2D eigenvalue weighted by atomic mass is 35.5. The van der Waals surface area contributed by atoms with E-state index in [0.717, 1.165) is 5.56 Å². The van der Waals surface area contributed by atoms with E-state index in [2.05, 4.69) is 4.98 Å². The van der Waals surface area contributed by atoms with Crippen molar-refractivity contribution in [3.05, 3.63) is 59.7 Å². The Morgan fingerprint density at radius 2 is 2.18 bits per heavy atom. The highest BCUT2D eigenvalue weighted by molar-refractivity contribution is 6.17. The fraction of sp³-hybridized carbons (Fsp3) is 0.154. The van der Waals surface area contributed by atoms with Crippen LogP contribution in [-0.2, 0) is 12.5 Å². The Labute approximate surface area is 104 Å². The minimum Gasteiger partial charge on any atom is -0.489 e. The highest BCUT2D eigenvalue weighted by Gasteiger charge is 2.04. The predicted molar refractivity (Wildman–Crippen MR) is 64.5 cm³/mol. The van der Waals surface area contributed by atoms with Crippen LogP contribution in [0.3, 0.4) is 0 Å². The summed E-state index contributed by atoms with van der Waals surface area (Å²) >= 11 is 5.73. The summed E-state index contributed by atoms with van der Waals surface area (Å²) < 4.78 is 18.6. The summed E-state index contributed by atoms with van der Waals surface area (Å²) in [5.41, 5.74) is 1.60. The van der Waals surface area contributed by atoms with Gasteiger partial charge in [-0.15, -0.1) is 11.6 Å². The average Bonchev–Trinajstić information content (AvgIpc) is 2.38. The number of benzene rings is 1. The third kappa shape index (κ3) is 3.17. The predicted octanol–water partition coefficient (Wildman–Crippen LogP) is 3.54. The molecule has 1 aromatic heterocycles. The Morgan fingerprint density at radius 1 is 1.29 bits per heavy atom. The quantitative estimate of drug-likeness (QED) is 0.776. The van der Waals surface area contributed by atoms with Crippen LogP contribution in [0.5, 0.6) is 5.75 Å². The van der Waals surface area contributed by atoms with Gasteiger partial charge in [0.05, 0.1) is 5.88 Å². The molecular weight excluding hydrogens is 241 g/mol. The van der Waals surface area contributed by atoms with Gasteiger partial charge in [0.1, 0.15) is 18.2 Å². The number of aromatic nitrogens is 1. The molecule has 0 saturated carbocycles. The standard InChI is InChI=1S/C13H11ClFNO/c14-7-11-6-12(15)3-4-13(11)17-9-10-2-1-5-16-8-10/h1-6,8H,7,9H2. The molecule has 17 heavy (non-hydrogen) atoms. The number of nitrogens with zero attached hydrogens (tertiary/aromatic N) is 1. The molecule has 2 nitrogen and oxygen atoms in total. The first kappa shape index (κ1) is 11.9. The zero-order valence-corrected chi connectivity index (χ0v) is 9.82. The summed E-state index contributed by atoms with van der Waals surface area (Å²) in [4.78, 5) is 3.99. The van der Waals surface area contributed by atoms with Crippen LogP contribution in [0.1, 0.15) is 11.1 Å². The summed E-state index contributed by atoms with van der Waals surface area (Å²) in [5, 5.41) is 0. The van der Waals surface area contributed by atoms with Crippen LogP contribution in [0, 0.1) is 5.82 Å². The van der Waals surface area contributed by atoms with Gasteiger partial charge in [-0.3, -0.25) is 4.98 Å². The van der Waals surface area contributed by atoms with Crippen molar-refractivity contribution in [3.63, 3.8) is 0 Å². The molecule has 0 spiro atoms. The van der Waals surface area contributed by atoms with Gasteiger partial charge in [0.15, 0.2) is 0 Å². The van der Waals surface area contributed by atoms with Gasteiger partial charge in [-0.05, 0) is 24.3 Å². The Hall–Kier alpha value is -1.61. The lowest BCUT2D eigenvalue weighted by atomic mass is 10.2. The van der Waals surface area contributed by atoms with Crippen molar-refractivity contribution in [2.24, 2.45) is 0 Å². The van der Waals surface area contributed by atoms with Crippen molar-refractivity contribution >= 4 is 11.6 Å². The largest absolute Gasteiger partial charge is 0.489 e. The third-order valence-corrected chi connectivity index (χ3v) is 2.57. The number of hydrogen-bond donors (Lipinski definition) is 0. The fourth-order valence-electron chi connectivity index (χ4n) is 1.44. The van der Waals surface area contributed by atoms with Crippen molar-refractivity contribution in [1.82, 2.24) is 4.98 Å². The second kappa shape index (κ2) is 5.64. The maximum atomic E-state index is 13.0. The van der Waals surface area contributed by atoms with Gasteiger partial charge in [-0.1, -0.05) is 6.07 Å². The van der Waals surface area contributed by atoms with Crippen molar-refractivity contribution in [1.29, 1.82) is 0 Å². The van der Waals surface area contributed by atoms with Crippen LogP contribution < -0.4 is 4.74 Å². The van der Waals surface area contributed by atoms with Crippen molar-refractivity contribution in [3.8, 4) is 5.75 Å². The lowest BCUT2D eigenvalue weighted by Gasteiger charge is -2.09. The van der Waals surface area contributed by atoms with E-state index < -0.39 is 0 Å². The van der Waals surface area contributed by atoms with Crippen molar-refractivity contribution in [2.75, 3.05) is 0 Å². The van der Waals surface area contributed by atoms with E-state index in [1.807, 2.05) is 12.1 Å². The van der Waals surface area contributed by atoms with E-state index in [9.17, 15) is 4.39 Å². The molecule has 2 aromatic rings. The van der Waals surface area contributed by atoms with Crippen LogP contribution in [0.4, 0.5) is 4.39 Å². The number of rotatable bonds is 4. The number of ether oxygens (including phenoxy) is 1. The summed E-state index contributed by atoms with van der Waals surface area (Å²) in [6, 6.07) is 8.08. The minimum absolute atomic E-state index is 0.222. The maximum absolute atomic E-state index is 13.0. The first-order chi connectivity index (χ1) is 8.29. The minimum atomic E-state index is -0.311. The van der Waals surface area contributed by atoms with Crippen LogP contribution in [0.2, 0.25) is 0 Å². The first-order valence-corrected chi connectivity index (χ1v) is 5.69. The number of hydrogen-bond acceptors (Lipinski definition) is 2. The monoisotopic (exact) mass is 251 g/mol. The number of halogens is 2. The van der Waals surface area contributed by atoms with Gasteiger partial charge in [0.25, 0.3) is 0 Å². The van der Waals surface area contributed by atoms with Gasteiger partial charge in [0, 0.05) is 23.5 Å². The summed E-state index contributed by atoms with van der Waals surface area (Å²) in [6.45, 7) is 0.392. The second-order valence-electron chi connectivity index (χ2n) is 3.54.